The lowest BCUT2D eigenvalue weighted by Gasteiger charge is -2.19. The van der Waals surface area contributed by atoms with Crippen LogP contribution in [0.1, 0.15) is 69.6 Å². The van der Waals surface area contributed by atoms with Crippen molar-refractivity contribution in [3.05, 3.63) is 58.2 Å². The van der Waals surface area contributed by atoms with Crippen LogP contribution in [-0.4, -0.2) is 30.6 Å². The molecule has 0 bridgehead atoms. The van der Waals surface area contributed by atoms with Crippen LogP contribution in [0.15, 0.2) is 24.3 Å². The average molecular weight is 434 g/mol. The minimum atomic E-state index is -1.12. The highest BCUT2D eigenvalue weighted by Gasteiger charge is 2.42. The van der Waals surface area contributed by atoms with Crippen LogP contribution in [0, 0.1) is 18.6 Å². The van der Waals surface area contributed by atoms with E-state index in [-0.39, 0.29) is 26.2 Å². The topological polar surface area (TPSA) is 76.0 Å². The third-order valence-electron chi connectivity index (χ3n) is 5.27. The lowest BCUT2D eigenvalue weighted by Crippen LogP contribution is -2.29. The summed E-state index contributed by atoms with van der Waals surface area (Å²) in [6.07, 6.45) is 0.455. The number of rotatable bonds is 1. The van der Waals surface area contributed by atoms with Gasteiger partial charge in [-0.3, -0.25) is 4.79 Å². The van der Waals surface area contributed by atoms with Crippen molar-refractivity contribution < 1.29 is 32.9 Å². The van der Waals surface area contributed by atoms with Crippen molar-refractivity contribution in [3.8, 4) is 0 Å². The van der Waals surface area contributed by atoms with Crippen molar-refractivity contribution in [2.24, 2.45) is 0 Å². The number of fused-ring (bicyclic) bond motifs is 2. The number of aryl methyl sites for hydroxylation is 1. The molecule has 168 valence electrons. The van der Waals surface area contributed by atoms with Gasteiger partial charge in [0, 0.05) is 0 Å². The molecule has 0 aliphatic carbocycles. The van der Waals surface area contributed by atoms with E-state index in [1.807, 2.05) is 13.8 Å². The van der Waals surface area contributed by atoms with E-state index in [9.17, 15) is 23.6 Å². The molecule has 0 spiro atoms. The minimum Gasteiger partial charge on any atom is -0.423 e. The molecule has 2 aromatic carbocycles. The summed E-state index contributed by atoms with van der Waals surface area (Å²) in [7, 11) is -2.12. The monoisotopic (exact) mass is 434 g/mol. The second-order valence-electron chi connectivity index (χ2n) is 8.23. The van der Waals surface area contributed by atoms with Gasteiger partial charge in [0.25, 0.3) is 0 Å². The van der Waals surface area contributed by atoms with Crippen LogP contribution in [-0.2, 0) is 20.5 Å². The average Bonchev–Trinajstić information content (AvgIpc) is 2.97. The molecular weight excluding hydrogens is 404 g/mol. The van der Waals surface area contributed by atoms with Gasteiger partial charge >= 0.3 is 14.2 Å². The van der Waals surface area contributed by atoms with E-state index >= 15 is 0 Å². The maximum atomic E-state index is 13.3. The molecule has 0 saturated heterocycles. The quantitative estimate of drug-likeness (QED) is 0.534. The molecule has 0 amide bonds. The van der Waals surface area contributed by atoms with Gasteiger partial charge in [0.05, 0.1) is 16.8 Å². The molecule has 0 saturated carbocycles. The van der Waals surface area contributed by atoms with Gasteiger partial charge in [0.15, 0.2) is 6.29 Å². The van der Waals surface area contributed by atoms with Gasteiger partial charge in [0.2, 0.25) is 0 Å². The van der Waals surface area contributed by atoms with Crippen LogP contribution in [0.2, 0.25) is 0 Å². The third kappa shape index (κ3) is 4.90. The first-order valence-electron chi connectivity index (χ1n) is 9.19. The first-order chi connectivity index (χ1) is 13.4. The van der Waals surface area contributed by atoms with Crippen LogP contribution in [0.5, 0.6) is 0 Å². The molecule has 5 nitrogen and oxygen atoms in total. The Kier molecular flexibility index (Phi) is 8.01. The Morgan fingerprint density at radius 2 is 1.26 bits per heavy atom. The molecular formula is C22H30B2F2O5. The number of aldehydes is 1. The first-order valence-corrected chi connectivity index (χ1v) is 9.19. The smallest absolute Gasteiger partial charge is 0.423 e. The predicted molar refractivity (Wildman–Crippen MR) is 120 cm³/mol. The molecule has 2 aromatic rings. The number of carbonyl (C=O) groups excluding carboxylic acids is 1. The second kappa shape index (κ2) is 9.20. The van der Waals surface area contributed by atoms with Crippen LogP contribution >= 0.6 is 0 Å². The van der Waals surface area contributed by atoms with Crippen molar-refractivity contribution in [1.29, 1.82) is 0 Å². The molecule has 0 radical (unpaired) electrons. The molecule has 2 aliphatic heterocycles. The van der Waals surface area contributed by atoms with Crippen molar-refractivity contribution in [2.45, 2.75) is 60.7 Å². The lowest BCUT2D eigenvalue weighted by molar-refractivity contribution is 0.0999. The third-order valence-corrected chi connectivity index (χ3v) is 5.27. The Hall–Kier alpha value is -2.06. The number of hydrogen-bond donors (Lipinski definition) is 2. The fourth-order valence-corrected chi connectivity index (χ4v) is 3.66. The Bertz CT molecular complexity index is 979. The highest BCUT2D eigenvalue weighted by atomic mass is 19.1. The Morgan fingerprint density at radius 1 is 0.839 bits per heavy atom. The van der Waals surface area contributed by atoms with Gasteiger partial charge in [0.1, 0.15) is 11.6 Å². The highest BCUT2D eigenvalue weighted by molar-refractivity contribution is 6.62. The second-order valence-corrected chi connectivity index (χ2v) is 8.23. The Morgan fingerprint density at radius 3 is 1.71 bits per heavy atom. The van der Waals surface area contributed by atoms with E-state index in [0.717, 1.165) is 11.6 Å². The van der Waals surface area contributed by atoms with E-state index in [4.69, 9.17) is 9.31 Å². The highest BCUT2D eigenvalue weighted by Crippen LogP contribution is 2.31. The molecule has 0 atom stereocenters. The molecule has 2 heterocycles. The Labute approximate surface area is 183 Å². The molecule has 9 heteroatoms. The fraction of sp³-hybridized carbons (Fsp3) is 0.409. The van der Waals surface area contributed by atoms with E-state index < -0.39 is 31.3 Å². The Balaban J connectivity index is 0.000000292. The SMILES string of the molecule is C.C.CC1(C)OB(O)c2cc(F)c(C=O)cc21.Cc1cc2c(cc1F)B(O)OC2(C)C. The minimum absolute atomic E-state index is 0. The van der Waals surface area contributed by atoms with Crippen LogP contribution in [0.25, 0.3) is 0 Å². The van der Waals surface area contributed by atoms with Crippen LogP contribution < -0.4 is 10.9 Å². The van der Waals surface area contributed by atoms with Gasteiger partial charge in [-0.25, -0.2) is 8.78 Å². The summed E-state index contributed by atoms with van der Waals surface area (Å²) in [5.74, 6) is -0.937. The standard InChI is InChI=1S/C10H10BFO3.C10H12BFO2.2CH4/c1-10(2)7-3-6(5-13)9(12)4-8(7)11(14)15-10;1-6-4-7-8(5-9(6)12)11(13)14-10(7,2)3;;/h3-5,14H,1-2H3;4-5,13H,1-3H3;2*1H4. The predicted octanol–water partition coefficient (Wildman–Crippen LogP) is 2.95. The largest absolute Gasteiger partial charge is 0.492 e. The summed E-state index contributed by atoms with van der Waals surface area (Å²) in [5.41, 5.74) is 1.78. The summed E-state index contributed by atoms with van der Waals surface area (Å²) < 4.78 is 37.1. The number of benzene rings is 2. The lowest BCUT2D eigenvalue weighted by atomic mass is 9.77. The van der Waals surface area contributed by atoms with Crippen molar-refractivity contribution in [3.63, 3.8) is 0 Å². The zero-order chi connectivity index (χ0) is 21.7. The fourth-order valence-electron chi connectivity index (χ4n) is 3.66. The van der Waals surface area contributed by atoms with Crippen molar-refractivity contribution >= 4 is 31.4 Å². The summed E-state index contributed by atoms with van der Waals surface area (Å²) in [6.45, 7) is 8.94. The van der Waals surface area contributed by atoms with Gasteiger partial charge in [-0.05, 0) is 80.4 Å². The summed E-state index contributed by atoms with van der Waals surface area (Å²) >= 11 is 0. The molecule has 0 aromatic heterocycles. The van der Waals surface area contributed by atoms with Crippen LogP contribution in [0.4, 0.5) is 8.78 Å². The van der Waals surface area contributed by atoms with E-state index in [1.54, 1.807) is 26.8 Å². The molecule has 2 aliphatic rings. The molecule has 0 unspecified atom stereocenters. The van der Waals surface area contributed by atoms with Gasteiger partial charge < -0.3 is 19.4 Å². The van der Waals surface area contributed by atoms with E-state index in [2.05, 4.69) is 0 Å². The van der Waals surface area contributed by atoms with Gasteiger partial charge in [-0.1, -0.05) is 20.9 Å². The number of carbonyl (C=O) groups is 1. The van der Waals surface area contributed by atoms with E-state index in [0.29, 0.717) is 28.3 Å². The summed E-state index contributed by atoms with van der Waals surface area (Å²) in [6, 6.07) is 5.66. The zero-order valence-electron chi connectivity index (χ0n) is 16.9. The zero-order valence-corrected chi connectivity index (χ0v) is 16.9. The normalized spacial score (nSPS) is 16.9. The molecule has 2 N–H and O–H groups in total. The molecule has 31 heavy (non-hydrogen) atoms. The molecule has 4 rings (SSSR count). The molecule has 0 fully saturated rings. The first kappa shape index (κ1) is 27.0. The van der Waals surface area contributed by atoms with Crippen LogP contribution in [0.3, 0.4) is 0 Å². The van der Waals surface area contributed by atoms with Crippen molar-refractivity contribution in [1.82, 2.24) is 0 Å². The number of halogens is 2. The maximum absolute atomic E-state index is 13.3. The van der Waals surface area contributed by atoms with E-state index in [1.165, 1.54) is 12.1 Å². The summed E-state index contributed by atoms with van der Waals surface area (Å²) in [5, 5.41) is 19.1. The maximum Gasteiger partial charge on any atom is 0.492 e. The summed E-state index contributed by atoms with van der Waals surface area (Å²) in [4.78, 5) is 10.6. The van der Waals surface area contributed by atoms with Crippen molar-refractivity contribution in [2.75, 3.05) is 0 Å². The van der Waals surface area contributed by atoms with Gasteiger partial charge in [-0.15, -0.1) is 0 Å². The number of hydrogen-bond acceptors (Lipinski definition) is 5. The van der Waals surface area contributed by atoms with Gasteiger partial charge in [-0.2, -0.15) is 0 Å².